The molecule has 0 heterocycles. The van der Waals surface area contributed by atoms with E-state index in [1.165, 1.54) is 5.57 Å². The highest BCUT2D eigenvalue weighted by atomic mass is 16.5. The van der Waals surface area contributed by atoms with Crippen LogP contribution in [0.4, 0.5) is 0 Å². The Balaban J connectivity index is 3.44. The molecule has 0 saturated heterocycles. The van der Waals surface area contributed by atoms with Crippen LogP contribution in [0.2, 0.25) is 0 Å². The number of hydrogen-bond donors (Lipinski definition) is 0. The zero-order chi connectivity index (χ0) is 16.8. The van der Waals surface area contributed by atoms with Gasteiger partial charge in [0.05, 0.1) is 14.2 Å². The van der Waals surface area contributed by atoms with Gasteiger partial charge in [-0.25, -0.2) is 0 Å². The monoisotopic (exact) mass is 302 g/mol. The van der Waals surface area contributed by atoms with E-state index in [-0.39, 0.29) is 5.41 Å². The molecule has 0 saturated carbocycles. The van der Waals surface area contributed by atoms with Gasteiger partial charge < -0.3 is 9.47 Å². The Bertz CT molecular complexity index is 580. The molecule has 1 aromatic rings. The lowest BCUT2D eigenvalue weighted by Gasteiger charge is -2.28. The molecule has 0 amide bonds. The molecule has 0 aliphatic rings. The van der Waals surface area contributed by atoms with Gasteiger partial charge in [0.15, 0.2) is 0 Å². The second kappa shape index (κ2) is 7.83. The zero-order valence-electron chi connectivity index (χ0n) is 14.4. The summed E-state index contributed by atoms with van der Waals surface area (Å²) in [5.41, 5.74) is 2.67. The molecule has 0 bridgehead atoms. The number of rotatable bonds is 7. The van der Waals surface area contributed by atoms with Crippen molar-refractivity contribution < 1.29 is 14.3 Å². The highest BCUT2D eigenvalue weighted by Crippen LogP contribution is 2.39. The molecule has 0 fully saturated rings. The molecule has 1 rings (SSSR count). The number of ether oxygens (including phenoxy) is 2. The molecule has 22 heavy (non-hydrogen) atoms. The van der Waals surface area contributed by atoms with Crippen molar-refractivity contribution in [2.24, 2.45) is 0 Å². The van der Waals surface area contributed by atoms with Gasteiger partial charge >= 0.3 is 0 Å². The van der Waals surface area contributed by atoms with E-state index in [0.717, 1.165) is 29.8 Å². The molecule has 0 aliphatic heterocycles. The van der Waals surface area contributed by atoms with Crippen molar-refractivity contribution in [2.75, 3.05) is 14.2 Å². The second-order valence-electron chi connectivity index (χ2n) is 5.98. The van der Waals surface area contributed by atoms with Crippen molar-refractivity contribution in [1.82, 2.24) is 0 Å². The van der Waals surface area contributed by atoms with Gasteiger partial charge in [0.25, 0.3) is 0 Å². The molecule has 0 aromatic heterocycles. The standard InChI is InChI=1S/C19H26O3/c1-14(2)9-10-19(4,12-15(3)13-20)17-8-7-16(21-5)11-18(17)22-6/h7-9,11-13H,10H2,1-6H3/b15-12+. The van der Waals surface area contributed by atoms with Gasteiger partial charge in [-0.3, -0.25) is 4.79 Å². The van der Waals surface area contributed by atoms with Crippen LogP contribution in [0.25, 0.3) is 0 Å². The Morgan fingerprint density at radius 2 is 1.86 bits per heavy atom. The van der Waals surface area contributed by atoms with E-state index in [0.29, 0.717) is 5.57 Å². The average molecular weight is 302 g/mol. The summed E-state index contributed by atoms with van der Waals surface area (Å²) in [5, 5.41) is 0. The van der Waals surface area contributed by atoms with Gasteiger partial charge in [0, 0.05) is 17.0 Å². The van der Waals surface area contributed by atoms with Gasteiger partial charge in [-0.05, 0) is 38.8 Å². The molecule has 0 aliphatic carbocycles. The topological polar surface area (TPSA) is 35.5 Å². The number of carbonyl (C=O) groups is 1. The van der Waals surface area contributed by atoms with E-state index >= 15 is 0 Å². The minimum atomic E-state index is -0.320. The fourth-order valence-corrected chi connectivity index (χ4v) is 2.47. The van der Waals surface area contributed by atoms with Crippen LogP contribution < -0.4 is 9.47 Å². The van der Waals surface area contributed by atoms with Crippen LogP contribution in [0.15, 0.2) is 41.5 Å². The molecule has 3 heteroatoms. The van der Waals surface area contributed by atoms with Crippen molar-refractivity contribution in [3.8, 4) is 11.5 Å². The number of carbonyl (C=O) groups excluding carboxylic acids is 1. The first kappa shape index (κ1) is 18.0. The van der Waals surface area contributed by atoms with Crippen LogP contribution in [0.5, 0.6) is 11.5 Å². The Kier molecular flexibility index (Phi) is 6.41. The van der Waals surface area contributed by atoms with Crippen molar-refractivity contribution in [1.29, 1.82) is 0 Å². The lowest BCUT2D eigenvalue weighted by Crippen LogP contribution is -2.20. The SMILES string of the molecule is COc1ccc(C(C)(/C=C(\C)C=O)CC=C(C)C)c(OC)c1. The van der Waals surface area contributed by atoms with Crippen LogP contribution in [0.3, 0.4) is 0 Å². The van der Waals surface area contributed by atoms with Crippen LogP contribution in [0, 0.1) is 0 Å². The van der Waals surface area contributed by atoms with E-state index < -0.39 is 0 Å². The number of methoxy groups -OCH3 is 2. The largest absolute Gasteiger partial charge is 0.497 e. The fraction of sp³-hybridized carbons (Fsp3) is 0.421. The molecule has 3 nitrogen and oxygen atoms in total. The van der Waals surface area contributed by atoms with Crippen LogP contribution in [-0.2, 0) is 10.2 Å². The first-order valence-corrected chi connectivity index (χ1v) is 7.36. The molecular weight excluding hydrogens is 276 g/mol. The molecule has 1 aromatic carbocycles. The zero-order valence-corrected chi connectivity index (χ0v) is 14.4. The Hall–Kier alpha value is -2.03. The number of hydrogen-bond acceptors (Lipinski definition) is 3. The summed E-state index contributed by atoms with van der Waals surface area (Å²) in [6.07, 6.45) is 5.86. The molecular formula is C19H26O3. The molecule has 1 atom stereocenters. The van der Waals surface area contributed by atoms with Crippen molar-refractivity contribution in [2.45, 2.75) is 39.5 Å². The van der Waals surface area contributed by atoms with Crippen LogP contribution in [0.1, 0.15) is 39.7 Å². The highest BCUT2D eigenvalue weighted by molar-refractivity contribution is 5.73. The molecule has 120 valence electrons. The lowest BCUT2D eigenvalue weighted by atomic mass is 9.77. The minimum absolute atomic E-state index is 0.320. The summed E-state index contributed by atoms with van der Waals surface area (Å²) >= 11 is 0. The van der Waals surface area contributed by atoms with E-state index in [1.807, 2.05) is 31.2 Å². The lowest BCUT2D eigenvalue weighted by molar-refractivity contribution is -0.104. The average Bonchev–Trinajstić information content (AvgIpc) is 2.52. The van der Waals surface area contributed by atoms with E-state index in [9.17, 15) is 4.79 Å². The highest BCUT2D eigenvalue weighted by Gasteiger charge is 2.27. The third kappa shape index (κ3) is 4.48. The summed E-state index contributed by atoms with van der Waals surface area (Å²) in [5.74, 6) is 1.51. The van der Waals surface area contributed by atoms with Crippen LogP contribution >= 0.6 is 0 Å². The third-order valence-corrected chi connectivity index (χ3v) is 3.69. The van der Waals surface area contributed by atoms with E-state index in [2.05, 4.69) is 26.8 Å². The van der Waals surface area contributed by atoms with Gasteiger partial charge in [-0.15, -0.1) is 0 Å². The maximum absolute atomic E-state index is 11.1. The maximum Gasteiger partial charge on any atom is 0.145 e. The molecule has 0 spiro atoms. The predicted octanol–water partition coefficient (Wildman–Crippen LogP) is 4.46. The first-order chi connectivity index (χ1) is 10.4. The minimum Gasteiger partial charge on any atom is -0.497 e. The number of allylic oxidation sites excluding steroid dienone is 4. The van der Waals surface area contributed by atoms with Gasteiger partial charge in [-0.2, -0.15) is 0 Å². The summed E-state index contributed by atoms with van der Waals surface area (Å²) < 4.78 is 10.8. The predicted molar refractivity (Wildman–Crippen MR) is 90.8 cm³/mol. The Labute approximate surface area is 133 Å². The first-order valence-electron chi connectivity index (χ1n) is 7.36. The summed E-state index contributed by atoms with van der Waals surface area (Å²) in [6.45, 7) is 8.08. The van der Waals surface area contributed by atoms with Crippen LogP contribution in [-0.4, -0.2) is 20.5 Å². The fourth-order valence-electron chi connectivity index (χ4n) is 2.47. The van der Waals surface area contributed by atoms with E-state index in [1.54, 1.807) is 14.2 Å². The normalized spacial score (nSPS) is 14.0. The Morgan fingerprint density at radius 1 is 1.18 bits per heavy atom. The smallest absolute Gasteiger partial charge is 0.145 e. The number of benzene rings is 1. The van der Waals surface area contributed by atoms with Gasteiger partial charge in [0.1, 0.15) is 17.8 Å². The number of aldehydes is 1. The summed E-state index contributed by atoms with van der Waals surface area (Å²) in [4.78, 5) is 11.1. The maximum atomic E-state index is 11.1. The Morgan fingerprint density at radius 3 is 2.36 bits per heavy atom. The van der Waals surface area contributed by atoms with E-state index in [4.69, 9.17) is 9.47 Å². The van der Waals surface area contributed by atoms with Crippen molar-refractivity contribution in [3.05, 3.63) is 47.1 Å². The second-order valence-corrected chi connectivity index (χ2v) is 5.98. The molecule has 1 unspecified atom stereocenters. The third-order valence-electron chi connectivity index (χ3n) is 3.69. The summed E-state index contributed by atoms with van der Waals surface area (Å²) in [6, 6.07) is 5.80. The van der Waals surface area contributed by atoms with Crippen molar-refractivity contribution in [3.63, 3.8) is 0 Å². The molecule has 0 radical (unpaired) electrons. The van der Waals surface area contributed by atoms with Crippen molar-refractivity contribution >= 4 is 6.29 Å². The van der Waals surface area contributed by atoms with Gasteiger partial charge in [0.2, 0.25) is 0 Å². The van der Waals surface area contributed by atoms with Gasteiger partial charge in [-0.1, -0.05) is 30.7 Å². The molecule has 0 N–H and O–H groups in total. The summed E-state index contributed by atoms with van der Waals surface area (Å²) in [7, 11) is 3.28. The quantitative estimate of drug-likeness (QED) is 0.424.